The number of nitrogens with zero attached hydrogens (tertiary/aromatic N) is 2. The Morgan fingerprint density at radius 2 is 1.86 bits per heavy atom. The monoisotopic (exact) mass is 316 g/mol. The second kappa shape index (κ2) is 6.29. The number of benzene rings is 1. The molecule has 0 bridgehead atoms. The quantitative estimate of drug-likeness (QED) is 0.906. The maximum Gasteiger partial charge on any atom is 0.216 e. The zero-order valence-corrected chi connectivity index (χ0v) is 13.1. The molecule has 21 heavy (non-hydrogen) atoms. The molecular formula is C14H21FN2O3S. The highest BCUT2D eigenvalue weighted by Crippen LogP contribution is 2.24. The Hall–Kier alpha value is -1.18. The molecule has 1 aromatic carbocycles. The molecule has 0 spiro atoms. The summed E-state index contributed by atoms with van der Waals surface area (Å²) in [6, 6.07) is 4.89. The summed E-state index contributed by atoms with van der Waals surface area (Å²) in [6.45, 7) is 4.56. The van der Waals surface area contributed by atoms with Crippen molar-refractivity contribution in [1.82, 2.24) is 4.31 Å². The van der Waals surface area contributed by atoms with Crippen LogP contribution < -0.4 is 4.90 Å². The second-order valence-corrected chi connectivity index (χ2v) is 7.88. The van der Waals surface area contributed by atoms with Gasteiger partial charge in [-0.15, -0.1) is 0 Å². The van der Waals surface area contributed by atoms with Gasteiger partial charge in [0.25, 0.3) is 0 Å². The molecule has 0 radical (unpaired) electrons. The summed E-state index contributed by atoms with van der Waals surface area (Å²) >= 11 is 0. The Bertz CT molecular complexity index is 596. The van der Waals surface area contributed by atoms with Gasteiger partial charge < -0.3 is 10.0 Å². The van der Waals surface area contributed by atoms with Crippen LogP contribution in [-0.2, 0) is 16.6 Å². The maximum absolute atomic E-state index is 14.2. The highest BCUT2D eigenvalue weighted by molar-refractivity contribution is 7.89. The number of aliphatic hydroxyl groups is 1. The van der Waals surface area contributed by atoms with Crippen LogP contribution in [0.1, 0.15) is 19.4 Å². The van der Waals surface area contributed by atoms with E-state index in [2.05, 4.69) is 0 Å². The van der Waals surface area contributed by atoms with E-state index in [1.165, 1.54) is 10.4 Å². The van der Waals surface area contributed by atoms with Crippen LogP contribution in [-0.4, -0.2) is 49.3 Å². The lowest BCUT2D eigenvalue weighted by molar-refractivity contribution is 0.275. The van der Waals surface area contributed by atoms with Crippen molar-refractivity contribution in [2.75, 3.05) is 31.1 Å². The van der Waals surface area contributed by atoms with Crippen molar-refractivity contribution in [2.45, 2.75) is 25.7 Å². The first-order valence-electron chi connectivity index (χ1n) is 7.00. The lowest BCUT2D eigenvalue weighted by Gasteiger charge is -2.36. The molecule has 0 aliphatic carbocycles. The largest absolute Gasteiger partial charge is 0.392 e. The fraction of sp³-hybridized carbons (Fsp3) is 0.571. The molecule has 1 aliphatic rings. The number of hydrogen-bond donors (Lipinski definition) is 1. The lowest BCUT2D eigenvalue weighted by Crippen LogP contribution is -2.50. The molecule has 0 aromatic heterocycles. The van der Waals surface area contributed by atoms with Crippen molar-refractivity contribution in [2.24, 2.45) is 0 Å². The summed E-state index contributed by atoms with van der Waals surface area (Å²) in [6.07, 6.45) is 0. The number of hydrogen-bond acceptors (Lipinski definition) is 4. The third-order valence-corrected chi connectivity index (χ3v) is 6.04. The zero-order valence-electron chi connectivity index (χ0n) is 12.3. The van der Waals surface area contributed by atoms with Gasteiger partial charge in [0.2, 0.25) is 10.0 Å². The first kappa shape index (κ1) is 16.2. The van der Waals surface area contributed by atoms with Crippen LogP contribution in [0.4, 0.5) is 10.1 Å². The SMILES string of the molecule is CC(C)S(=O)(=O)N1CCN(c2cccc(CO)c2F)CC1. The number of sulfonamides is 1. The summed E-state index contributed by atoms with van der Waals surface area (Å²) in [4.78, 5) is 1.82. The molecular weight excluding hydrogens is 295 g/mol. The average molecular weight is 316 g/mol. The summed E-state index contributed by atoms with van der Waals surface area (Å²) in [5, 5.41) is 8.66. The van der Waals surface area contributed by atoms with Gasteiger partial charge in [0.15, 0.2) is 5.82 Å². The summed E-state index contributed by atoms with van der Waals surface area (Å²) in [7, 11) is -3.26. The van der Waals surface area contributed by atoms with E-state index in [4.69, 9.17) is 5.11 Å². The molecule has 5 nitrogen and oxygen atoms in total. The Morgan fingerprint density at radius 1 is 1.24 bits per heavy atom. The van der Waals surface area contributed by atoms with Crippen LogP contribution in [0, 0.1) is 5.82 Å². The molecule has 1 fully saturated rings. The molecule has 1 aliphatic heterocycles. The minimum Gasteiger partial charge on any atom is -0.392 e. The summed E-state index contributed by atoms with van der Waals surface area (Å²) in [5.74, 6) is -0.430. The first-order valence-corrected chi connectivity index (χ1v) is 8.50. The van der Waals surface area contributed by atoms with E-state index in [0.717, 1.165) is 0 Å². The van der Waals surface area contributed by atoms with Gasteiger partial charge in [-0.2, -0.15) is 4.31 Å². The molecule has 7 heteroatoms. The van der Waals surface area contributed by atoms with E-state index in [1.807, 2.05) is 4.90 Å². The number of rotatable bonds is 4. The Kier molecular flexibility index (Phi) is 4.85. The molecule has 0 atom stereocenters. The molecule has 1 saturated heterocycles. The van der Waals surface area contributed by atoms with Gasteiger partial charge in [-0.25, -0.2) is 12.8 Å². The predicted octanol–water partition coefficient (Wildman–Crippen LogP) is 1.18. The highest BCUT2D eigenvalue weighted by atomic mass is 32.2. The zero-order chi connectivity index (χ0) is 15.6. The highest BCUT2D eigenvalue weighted by Gasteiger charge is 2.30. The minimum absolute atomic E-state index is 0.254. The van der Waals surface area contributed by atoms with E-state index < -0.39 is 21.1 Å². The lowest BCUT2D eigenvalue weighted by atomic mass is 10.1. The van der Waals surface area contributed by atoms with Crippen LogP contribution in [0.2, 0.25) is 0 Å². The first-order chi connectivity index (χ1) is 9.87. The molecule has 1 heterocycles. The van der Waals surface area contributed by atoms with Gasteiger partial charge in [-0.1, -0.05) is 12.1 Å². The van der Waals surface area contributed by atoms with Crippen molar-refractivity contribution in [3.8, 4) is 0 Å². The summed E-state index contributed by atoms with van der Waals surface area (Å²) in [5.41, 5.74) is 0.674. The molecule has 0 saturated carbocycles. The van der Waals surface area contributed by atoms with Crippen molar-refractivity contribution >= 4 is 15.7 Å². The molecule has 1 aromatic rings. The van der Waals surface area contributed by atoms with Crippen molar-refractivity contribution < 1.29 is 17.9 Å². The van der Waals surface area contributed by atoms with Crippen molar-refractivity contribution in [1.29, 1.82) is 0 Å². The van der Waals surface area contributed by atoms with Gasteiger partial charge in [-0.3, -0.25) is 0 Å². The third-order valence-electron chi connectivity index (χ3n) is 3.76. The van der Waals surface area contributed by atoms with Crippen LogP contribution in [0.15, 0.2) is 18.2 Å². The van der Waals surface area contributed by atoms with Crippen LogP contribution in [0.3, 0.4) is 0 Å². The Balaban J connectivity index is 2.12. The van der Waals surface area contributed by atoms with E-state index in [0.29, 0.717) is 31.9 Å². The van der Waals surface area contributed by atoms with Crippen LogP contribution in [0.25, 0.3) is 0 Å². The average Bonchev–Trinajstić information content (AvgIpc) is 2.47. The third kappa shape index (κ3) is 3.20. The smallest absolute Gasteiger partial charge is 0.216 e. The Morgan fingerprint density at radius 3 is 2.38 bits per heavy atom. The standard InChI is InChI=1S/C14H21FN2O3S/c1-11(2)21(19,20)17-8-6-16(7-9-17)13-5-3-4-12(10-18)14(13)15/h3-5,11,18H,6-10H2,1-2H3. The van der Waals surface area contributed by atoms with Gasteiger partial charge >= 0.3 is 0 Å². The van der Waals surface area contributed by atoms with Crippen molar-refractivity contribution in [3.63, 3.8) is 0 Å². The predicted molar refractivity (Wildman–Crippen MR) is 80.2 cm³/mol. The van der Waals surface area contributed by atoms with Crippen LogP contribution in [0.5, 0.6) is 0 Å². The minimum atomic E-state index is -3.26. The van der Waals surface area contributed by atoms with E-state index in [1.54, 1.807) is 26.0 Å². The van der Waals surface area contributed by atoms with E-state index in [9.17, 15) is 12.8 Å². The van der Waals surface area contributed by atoms with Gasteiger partial charge in [-0.05, 0) is 19.9 Å². The van der Waals surface area contributed by atoms with Crippen molar-refractivity contribution in [3.05, 3.63) is 29.6 Å². The number of aliphatic hydroxyl groups excluding tert-OH is 1. The van der Waals surface area contributed by atoms with E-state index in [-0.39, 0.29) is 12.2 Å². The Labute approximate surface area is 125 Å². The van der Waals surface area contributed by atoms with Gasteiger partial charge in [0, 0.05) is 31.7 Å². The molecule has 2 rings (SSSR count). The normalized spacial score (nSPS) is 17.5. The number of anilines is 1. The molecule has 118 valence electrons. The second-order valence-electron chi connectivity index (χ2n) is 5.39. The van der Waals surface area contributed by atoms with Crippen LogP contribution >= 0.6 is 0 Å². The van der Waals surface area contributed by atoms with Gasteiger partial charge in [0.05, 0.1) is 17.5 Å². The molecule has 0 unspecified atom stereocenters. The maximum atomic E-state index is 14.2. The molecule has 0 amide bonds. The fourth-order valence-corrected chi connectivity index (χ4v) is 3.68. The molecule has 1 N–H and O–H groups in total. The van der Waals surface area contributed by atoms with Gasteiger partial charge in [0.1, 0.15) is 0 Å². The summed E-state index contributed by atoms with van der Waals surface area (Å²) < 4.78 is 39.8. The van der Waals surface area contributed by atoms with E-state index >= 15 is 0 Å². The number of halogens is 1. The topological polar surface area (TPSA) is 60.9 Å². The number of piperazine rings is 1. The fourth-order valence-electron chi connectivity index (χ4n) is 2.41.